The van der Waals surface area contributed by atoms with E-state index in [1.165, 1.54) is 12.1 Å². The molecule has 6 nitrogen and oxygen atoms in total. The number of nitro groups is 1. The Bertz CT molecular complexity index is 597. The van der Waals surface area contributed by atoms with Gasteiger partial charge in [0.15, 0.2) is 9.84 Å². The first-order valence-electron chi connectivity index (χ1n) is 5.81. The highest BCUT2D eigenvalue weighted by molar-refractivity contribution is 7.92. The van der Waals surface area contributed by atoms with Crippen LogP contribution in [0.15, 0.2) is 23.1 Å². The van der Waals surface area contributed by atoms with Gasteiger partial charge in [0.2, 0.25) is 0 Å². The van der Waals surface area contributed by atoms with E-state index in [1.807, 2.05) is 0 Å². The van der Waals surface area contributed by atoms with Crippen molar-refractivity contribution in [2.75, 3.05) is 13.1 Å². The topological polar surface area (TPSA) is 89.3 Å². The summed E-state index contributed by atoms with van der Waals surface area (Å²) in [5, 5.41) is 13.2. The average Bonchev–Trinajstić information content (AvgIpc) is 2.39. The van der Waals surface area contributed by atoms with Crippen molar-refractivity contribution < 1.29 is 13.3 Å². The van der Waals surface area contributed by atoms with E-state index in [-0.39, 0.29) is 15.6 Å². The second-order valence-corrected chi connectivity index (χ2v) is 7.02. The Balaban J connectivity index is 2.40. The van der Waals surface area contributed by atoms with E-state index in [4.69, 9.17) is 11.6 Å². The second-order valence-electron chi connectivity index (χ2n) is 4.38. The fraction of sp³-hybridized carbons (Fsp3) is 0.455. The molecule has 1 heterocycles. The molecule has 1 aliphatic heterocycles. The van der Waals surface area contributed by atoms with Crippen LogP contribution < -0.4 is 5.32 Å². The van der Waals surface area contributed by atoms with E-state index >= 15 is 0 Å². The van der Waals surface area contributed by atoms with Gasteiger partial charge in [0.1, 0.15) is 5.02 Å². The average molecular weight is 305 g/mol. The van der Waals surface area contributed by atoms with E-state index < -0.39 is 20.0 Å². The lowest BCUT2D eigenvalue weighted by molar-refractivity contribution is -0.384. The monoisotopic (exact) mass is 304 g/mol. The zero-order chi connectivity index (χ0) is 14.0. The van der Waals surface area contributed by atoms with Crippen molar-refractivity contribution in [2.45, 2.75) is 23.0 Å². The van der Waals surface area contributed by atoms with E-state index in [0.717, 1.165) is 19.0 Å². The van der Waals surface area contributed by atoms with Crippen LogP contribution in [-0.2, 0) is 9.84 Å². The number of benzene rings is 1. The number of sulfone groups is 1. The molecule has 0 radical (unpaired) electrons. The predicted octanol–water partition coefficient (Wildman–Crippen LogP) is 1.77. The molecule has 1 saturated heterocycles. The van der Waals surface area contributed by atoms with Gasteiger partial charge in [-0.25, -0.2) is 8.42 Å². The van der Waals surface area contributed by atoms with Gasteiger partial charge in [-0.2, -0.15) is 0 Å². The third-order valence-corrected chi connectivity index (χ3v) is 5.64. The molecule has 19 heavy (non-hydrogen) atoms. The Morgan fingerprint density at radius 2 is 2.16 bits per heavy atom. The molecule has 0 saturated carbocycles. The number of halogens is 1. The first-order valence-corrected chi connectivity index (χ1v) is 7.74. The highest BCUT2D eigenvalue weighted by Gasteiger charge is 2.30. The predicted molar refractivity (Wildman–Crippen MR) is 71.2 cm³/mol. The van der Waals surface area contributed by atoms with Gasteiger partial charge in [-0.3, -0.25) is 10.1 Å². The molecule has 1 atom stereocenters. The van der Waals surface area contributed by atoms with Crippen LogP contribution >= 0.6 is 11.6 Å². The number of nitro benzene ring substituents is 1. The second kappa shape index (κ2) is 5.44. The highest BCUT2D eigenvalue weighted by atomic mass is 35.5. The van der Waals surface area contributed by atoms with Crippen LogP contribution in [0, 0.1) is 10.1 Å². The number of hydrogen-bond acceptors (Lipinski definition) is 5. The van der Waals surface area contributed by atoms with Crippen molar-refractivity contribution in [1.82, 2.24) is 5.32 Å². The van der Waals surface area contributed by atoms with Gasteiger partial charge in [-0.05, 0) is 31.5 Å². The van der Waals surface area contributed by atoms with Gasteiger partial charge in [0.05, 0.1) is 15.1 Å². The minimum atomic E-state index is -3.56. The lowest BCUT2D eigenvalue weighted by atomic mass is 10.2. The zero-order valence-electron chi connectivity index (χ0n) is 10.0. The molecule has 0 amide bonds. The van der Waals surface area contributed by atoms with Crippen LogP contribution in [0.25, 0.3) is 0 Å². The molecule has 1 unspecified atom stereocenters. The van der Waals surface area contributed by atoms with Crippen LogP contribution in [-0.4, -0.2) is 31.7 Å². The first kappa shape index (κ1) is 14.2. The summed E-state index contributed by atoms with van der Waals surface area (Å²) < 4.78 is 24.7. The van der Waals surface area contributed by atoms with Crippen molar-refractivity contribution in [3.05, 3.63) is 33.3 Å². The minimum Gasteiger partial charge on any atom is -0.315 e. The lowest BCUT2D eigenvalue weighted by Gasteiger charge is -2.22. The SMILES string of the molecule is O=[N+]([O-])c1cc(S(=O)(=O)C2CCCNC2)ccc1Cl. The Kier molecular flexibility index (Phi) is 4.07. The maximum Gasteiger partial charge on any atom is 0.289 e. The molecule has 1 aliphatic rings. The molecule has 2 rings (SSSR count). The van der Waals surface area contributed by atoms with Crippen LogP contribution in [0.2, 0.25) is 5.02 Å². The number of piperidine rings is 1. The molecule has 1 fully saturated rings. The van der Waals surface area contributed by atoms with Crippen LogP contribution in [0.5, 0.6) is 0 Å². The third kappa shape index (κ3) is 2.88. The Morgan fingerprint density at radius 3 is 2.74 bits per heavy atom. The summed E-state index contributed by atoms with van der Waals surface area (Å²) in [5.74, 6) is 0. The van der Waals surface area contributed by atoms with Crippen LogP contribution in [0.1, 0.15) is 12.8 Å². The van der Waals surface area contributed by atoms with E-state index in [9.17, 15) is 18.5 Å². The molecule has 0 aliphatic carbocycles. The molecule has 1 aromatic carbocycles. The maximum absolute atomic E-state index is 12.4. The first-order chi connectivity index (χ1) is 8.93. The molecule has 1 aromatic rings. The normalized spacial score (nSPS) is 20.2. The number of hydrogen-bond donors (Lipinski definition) is 1. The smallest absolute Gasteiger partial charge is 0.289 e. The fourth-order valence-electron chi connectivity index (χ4n) is 2.09. The van der Waals surface area contributed by atoms with E-state index in [2.05, 4.69) is 5.32 Å². The van der Waals surface area contributed by atoms with Crippen molar-refractivity contribution in [3.8, 4) is 0 Å². The maximum atomic E-state index is 12.4. The van der Waals surface area contributed by atoms with Crippen molar-refractivity contribution in [3.63, 3.8) is 0 Å². The summed E-state index contributed by atoms with van der Waals surface area (Å²) in [6.45, 7) is 1.17. The van der Waals surface area contributed by atoms with Crippen molar-refractivity contribution >= 4 is 27.1 Å². The highest BCUT2D eigenvalue weighted by Crippen LogP contribution is 2.29. The number of nitrogens with zero attached hydrogens (tertiary/aromatic N) is 1. The number of rotatable bonds is 3. The van der Waals surface area contributed by atoms with Gasteiger partial charge >= 0.3 is 0 Å². The Hall–Kier alpha value is -1.18. The van der Waals surface area contributed by atoms with Gasteiger partial charge in [0.25, 0.3) is 5.69 Å². The van der Waals surface area contributed by atoms with Crippen molar-refractivity contribution in [2.24, 2.45) is 0 Å². The summed E-state index contributed by atoms with van der Waals surface area (Å²) in [5.41, 5.74) is -0.383. The molecular formula is C11H13ClN2O4S. The summed E-state index contributed by atoms with van der Waals surface area (Å²) in [6, 6.07) is 3.61. The zero-order valence-corrected chi connectivity index (χ0v) is 11.6. The standard InChI is InChI=1S/C11H13ClN2O4S/c12-10-4-3-8(6-11(10)14(15)16)19(17,18)9-2-1-5-13-7-9/h3-4,6,9,13H,1-2,5,7H2. The minimum absolute atomic E-state index is 0.0442. The van der Waals surface area contributed by atoms with Gasteiger partial charge in [0, 0.05) is 12.6 Å². The van der Waals surface area contributed by atoms with Crippen LogP contribution in [0.3, 0.4) is 0 Å². The molecule has 0 bridgehead atoms. The van der Waals surface area contributed by atoms with Crippen molar-refractivity contribution in [1.29, 1.82) is 0 Å². The van der Waals surface area contributed by atoms with Gasteiger partial charge < -0.3 is 5.32 Å². The van der Waals surface area contributed by atoms with Gasteiger partial charge in [-0.1, -0.05) is 11.6 Å². The molecule has 1 N–H and O–H groups in total. The number of nitrogens with one attached hydrogen (secondary N) is 1. The van der Waals surface area contributed by atoms with Gasteiger partial charge in [-0.15, -0.1) is 0 Å². The Morgan fingerprint density at radius 1 is 1.42 bits per heavy atom. The van der Waals surface area contributed by atoms with E-state index in [1.54, 1.807) is 0 Å². The summed E-state index contributed by atoms with van der Waals surface area (Å²) in [4.78, 5) is 10.1. The lowest BCUT2D eigenvalue weighted by Crippen LogP contribution is -2.38. The molecule has 0 aromatic heterocycles. The largest absolute Gasteiger partial charge is 0.315 e. The third-order valence-electron chi connectivity index (χ3n) is 3.13. The fourth-order valence-corrected chi connectivity index (χ4v) is 4.01. The van der Waals surface area contributed by atoms with E-state index in [0.29, 0.717) is 13.0 Å². The Labute approximate surface area is 115 Å². The quantitative estimate of drug-likeness (QED) is 0.679. The molecule has 0 spiro atoms. The summed E-state index contributed by atoms with van der Waals surface area (Å²) in [6.07, 6.45) is 1.34. The molecular weight excluding hydrogens is 292 g/mol. The molecule has 104 valence electrons. The van der Waals surface area contributed by atoms with Crippen LogP contribution in [0.4, 0.5) is 5.69 Å². The molecule has 8 heteroatoms. The summed E-state index contributed by atoms with van der Waals surface area (Å²) >= 11 is 5.68. The summed E-state index contributed by atoms with van der Waals surface area (Å²) in [7, 11) is -3.56.